The number of nitrogens with one attached hydrogen (secondary N) is 1. The number of hydrogen-bond acceptors (Lipinski definition) is 3. The van der Waals surface area contributed by atoms with E-state index in [1.165, 1.54) is 17.3 Å². The number of para-hydroxylation sites is 1. The number of thioether (sulfide) groups is 1. The van der Waals surface area contributed by atoms with Crippen molar-refractivity contribution in [2.75, 3.05) is 11.4 Å². The zero-order valence-electron chi connectivity index (χ0n) is 18.8. The Bertz CT molecular complexity index is 1130. The van der Waals surface area contributed by atoms with Crippen molar-refractivity contribution >= 4 is 40.9 Å². The maximum atomic E-state index is 13.5. The second kappa shape index (κ2) is 10.4. The fraction of sp³-hybridized carbons (Fsp3) is 0.259. The molecule has 0 aliphatic carbocycles. The van der Waals surface area contributed by atoms with Gasteiger partial charge in [-0.05, 0) is 48.7 Å². The van der Waals surface area contributed by atoms with Gasteiger partial charge in [-0.1, -0.05) is 72.6 Å². The molecule has 0 bridgehead atoms. The molecule has 33 heavy (non-hydrogen) atoms. The van der Waals surface area contributed by atoms with Crippen LogP contribution in [0.2, 0.25) is 5.02 Å². The molecule has 1 aliphatic rings. The number of carbonyl (C=O) groups is 2. The molecule has 1 aliphatic heterocycles. The zero-order valence-corrected chi connectivity index (χ0v) is 20.3. The summed E-state index contributed by atoms with van der Waals surface area (Å²) in [5.74, 6) is -0.592. The Morgan fingerprint density at radius 2 is 1.70 bits per heavy atom. The Labute approximate surface area is 204 Å². The first-order chi connectivity index (χ1) is 15.9. The molecule has 170 valence electrons. The number of aryl methyl sites for hydroxylation is 1. The number of rotatable bonds is 7. The molecule has 4 nitrogen and oxygen atoms in total. The number of amides is 2. The van der Waals surface area contributed by atoms with Gasteiger partial charge in [0.05, 0.1) is 18.2 Å². The third-order valence-corrected chi connectivity index (χ3v) is 7.59. The predicted molar refractivity (Wildman–Crippen MR) is 136 cm³/mol. The first kappa shape index (κ1) is 23.4. The zero-order chi connectivity index (χ0) is 23.4. The molecule has 0 radical (unpaired) electrons. The summed E-state index contributed by atoms with van der Waals surface area (Å²) in [4.78, 5) is 29.3. The SMILES string of the molecule is Cc1ccc(CN2C(=O)[C@H]([C@H](C)C(=O)NCCc3ccc(Cl)cc3)Sc3ccccc32)cc1. The lowest BCUT2D eigenvalue weighted by Crippen LogP contribution is -2.47. The smallest absolute Gasteiger partial charge is 0.241 e. The summed E-state index contributed by atoms with van der Waals surface area (Å²) in [6.45, 7) is 4.88. The van der Waals surface area contributed by atoms with E-state index in [1.807, 2.05) is 67.3 Å². The highest BCUT2D eigenvalue weighted by Crippen LogP contribution is 2.42. The monoisotopic (exact) mass is 478 g/mol. The summed E-state index contributed by atoms with van der Waals surface area (Å²) in [5, 5.41) is 3.22. The van der Waals surface area contributed by atoms with Crippen molar-refractivity contribution in [3.8, 4) is 0 Å². The summed E-state index contributed by atoms with van der Waals surface area (Å²) >= 11 is 7.42. The van der Waals surface area contributed by atoms with Crippen LogP contribution in [0.15, 0.2) is 77.7 Å². The van der Waals surface area contributed by atoms with Crippen LogP contribution in [0.25, 0.3) is 0 Å². The van der Waals surface area contributed by atoms with Crippen LogP contribution >= 0.6 is 23.4 Å². The van der Waals surface area contributed by atoms with Crippen molar-refractivity contribution in [3.63, 3.8) is 0 Å². The Morgan fingerprint density at radius 3 is 2.42 bits per heavy atom. The number of benzene rings is 3. The summed E-state index contributed by atoms with van der Waals surface area (Å²) in [5.41, 5.74) is 4.25. The standard InChI is InChI=1S/C27H27ClN2O2S/c1-18-7-9-21(10-8-18)17-30-23-5-3-4-6-24(23)33-25(27(30)32)19(2)26(31)29-16-15-20-11-13-22(28)14-12-20/h3-14,19,25H,15-17H2,1-2H3,(H,29,31)/t19-,25-/m0/s1. The highest BCUT2D eigenvalue weighted by molar-refractivity contribution is 8.01. The van der Waals surface area contributed by atoms with Crippen LogP contribution in [0.3, 0.4) is 0 Å². The second-order valence-corrected chi connectivity index (χ2v) is 9.99. The van der Waals surface area contributed by atoms with Gasteiger partial charge in [0.25, 0.3) is 0 Å². The topological polar surface area (TPSA) is 49.4 Å². The van der Waals surface area contributed by atoms with Gasteiger partial charge in [0.2, 0.25) is 11.8 Å². The highest BCUT2D eigenvalue weighted by Gasteiger charge is 2.39. The molecule has 0 saturated carbocycles. The largest absolute Gasteiger partial charge is 0.355 e. The first-order valence-electron chi connectivity index (χ1n) is 11.1. The molecule has 2 atom stereocenters. The van der Waals surface area contributed by atoms with E-state index in [-0.39, 0.29) is 11.8 Å². The van der Waals surface area contributed by atoms with Gasteiger partial charge >= 0.3 is 0 Å². The lowest BCUT2D eigenvalue weighted by Gasteiger charge is -2.35. The first-order valence-corrected chi connectivity index (χ1v) is 12.3. The molecule has 3 aromatic carbocycles. The van der Waals surface area contributed by atoms with E-state index in [2.05, 4.69) is 29.6 Å². The number of anilines is 1. The van der Waals surface area contributed by atoms with Crippen molar-refractivity contribution in [3.05, 3.63) is 94.5 Å². The van der Waals surface area contributed by atoms with Crippen LogP contribution in [0, 0.1) is 12.8 Å². The van der Waals surface area contributed by atoms with E-state index in [9.17, 15) is 9.59 Å². The minimum Gasteiger partial charge on any atom is -0.355 e. The normalized spacial score (nSPS) is 16.3. The lowest BCUT2D eigenvalue weighted by atomic mass is 10.0. The molecule has 3 aromatic rings. The van der Waals surface area contributed by atoms with E-state index in [0.29, 0.717) is 24.5 Å². The van der Waals surface area contributed by atoms with Gasteiger partial charge in [-0.25, -0.2) is 0 Å². The van der Waals surface area contributed by atoms with E-state index in [1.54, 1.807) is 0 Å². The third-order valence-electron chi connectivity index (χ3n) is 5.87. The molecule has 0 saturated heterocycles. The van der Waals surface area contributed by atoms with Gasteiger partial charge in [0.1, 0.15) is 5.25 Å². The van der Waals surface area contributed by atoms with E-state index < -0.39 is 11.2 Å². The molecule has 1 N–H and O–H groups in total. The summed E-state index contributed by atoms with van der Waals surface area (Å²) in [7, 11) is 0. The minimum atomic E-state index is -0.471. The number of hydrogen-bond donors (Lipinski definition) is 1. The fourth-order valence-electron chi connectivity index (χ4n) is 3.87. The number of halogens is 1. The van der Waals surface area contributed by atoms with Crippen LogP contribution in [0.1, 0.15) is 23.6 Å². The van der Waals surface area contributed by atoms with Gasteiger partial charge in [0, 0.05) is 16.5 Å². The molecule has 0 aromatic heterocycles. The second-order valence-electron chi connectivity index (χ2n) is 8.37. The van der Waals surface area contributed by atoms with E-state index in [0.717, 1.165) is 21.7 Å². The van der Waals surface area contributed by atoms with Crippen molar-refractivity contribution in [2.24, 2.45) is 5.92 Å². The summed E-state index contributed by atoms with van der Waals surface area (Å²) in [6.07, 6.45) is 0.712. The third kappa shape index (κ3) is 5.60. The Balaban J connectivity index is 1.46. The van der Waals surface area contributed by atoms with Gasteiger partial charge in [-0.15, -0.1) is 11.8 Å². The summed E-state index contributed by atoms with van der Waals surface area (Å²) < 4.78 is 0. The van der Waals surface area contributed by atoms with E-state index in [4.69, 9.17) is 11.6 Å². The maximum Gasteiger partial charge on any atom is 0.241 e. The van der Waals surface area contributed by atoms with Gasteiger partial charge in [-0.2, -0.15) is 0 Å². The van der Waals surface area contributed by atoms with Crippen LogP contribution in [-0.4, -0.2) is 23.6 Å². The van der Waals surface area contributed by atoms with Gasteiger partial charge in [-0.3, -0.25) is 9.59 Å². The number of fused-ring (bicyclic) bond motifs is 1. The van der Waals surface area contributed by atoms with Crippen LogP contribution in [0.4, 0.5) is 5.69 Å². The van der Waals surface area contributed by atoms with Crippen molar-refractivity contribution in [1.82, 2.24) is 5.32 Å². The van der Waals surface area contributed by atoms with Gasteiger partial charge < -0.3 is 10.2 Å². The van der Waals surface area contributed by atoms with Crippen LogP contribution in [-0.2, 0) is 22.6 Å². The number of carbonyl (C=O) groups excluding carboxylic acids is 2. The Hall–Kier alpha value is -2.76. The molecule has 0 spiro atoms. The predicted octanol–water partition coefficient (Wildman–Crippen LogP) is 5.65. The van der Waals surface area contributed by atoms with Crippen LogP contribution < -0.4 is 10.2 Å². The lowest BCUT2D eigenvalue weighted by molar-refractivity contribution is -0.128. The summed E-state index contributed by atoms with van der Waals surface area (Å²) in [6, 6.07) is 23.7. The molecule has 0 fully saturated rings. The highest BCUT2D eigenvalue weighted by atomic mass is 35.5. The average molecular weight is 479 g/mol. The molecule has 0 unspecified atom stereocenters. The number of nitrogens with zero attached hydrogens (tertiary/aromatic N) is 1. The van der Waals surface area contributed by atoms with Crippen LogP contribution in [0.5, 0.6) is 0 Å². The Morgan fingerprint density at radius 1 is 1.03 bits per heavy atom. The quantitative estimate of drug-likeness (QED) is 0.477. The molecular formula is C27H27ClN2O2S. The van der Waals surface area contributed by atoms with Gasteiger partial charge in [0.15, 0.2) is 0 Å². The minimum absolute atomic E-state index is 0.0281. The van der Waals surface area contributed by atoms with E-state index >= 15 is 0 Å². The maximum absolute atomic E-state index is 13.5. The fourth-order valence-corrected chi connectivity index (χ4v) is 5.29. The average Bonchev–Trinajstić information content (AvgIpc) is 2.82. The van der Waals surface area contributed by atoms with Crippen molar-refractivity contribution in [2.45, 2.75) is 37.0 Å². The van der Waals surface area contributed by atoms with Crippen molar-refractivity contribution in [1.29, 1.82) is 0 Å². The molecule has 1 heterocycles. The molecule has 6 heteroatoms. The Kier molecular flexibility index (Phi) is 7.41. The van der Waals surface area contributed by atoms with Crippen molar-refractivity contribution < 1.29 is 9.59 Å². The molecular weight excluding hydrogens is 452 g/mol. The molecule has 2 amide bonds. The molecule has 4 rings (SSSR count).